The Kier molecular flexibility index (Phi) is 2.65. The summed E-state index contributed by atoms with van der Waals surface area (Å²) in [6.07, 6.45) is 0.870. The van der Waals surface area contributed by atoms with Gasteiger partial charge in [-0.05, 0) is 27.2 Å². The van der Waals surface area contributed by atoms with Crippen LogP contribution in [0.25, 0.3) is 0 Å². The molecule has 0 spiro atoms. The smallest absolute Gasteiger partial charge is 0.410 e. The van der Waals surface area contributed by atoms with Gasteiger partial charge in [0.15, 0.2) is 0 Å². The Hall–Kier alpha value is -0.770. The largest absolute Gasteiger partial charge is 0.444 e. The third-order valence-electron chi connectivity index (χ3n) is 3.49. The molecule has 0 aromatic carbocycles. The SMILES string of the molecule is CC(C)(C)OC(=O)N1CCC2NC[C@@]2(C)C1. The number of fused-ring (bicyclic) bond motifs is 1. The Morgan fingerprint density at radius 1 is 1.50 bits per heavy atom. The summed E-state index contributed by atoms with van der Waals surface area (Å²) < 4.78 is 5.40. The Morgan fingerprint density at radius 3 is 2.62 bits per heavy atom. The summed E-state index contributed by atoms with van der Waals surface area (Å²) in [5.74, 6) is 0. The van der Waals surface area contributed by atoms with Gasteiger partial charge in [-0.25, -0.2) is 4.79 Å². The van der Waals surface area contributed by atoms with E-state index in [0.717, 1.165) is 26.1 Å². The van der Waals surface area contributed by atoms with Gasteiger partial charge in [-0.1, -0.05) is 6.92 Å². The van der Waals surface area contributed by atoms with Crippen molar-refractivity contribution in [1.82, 2.24) is 10.2 Å². The van der Waals surface area contributed by atoms with Crippen LogP contribution in [0.5, 0.6) is 0 Å². The van der Waals surface area contributed by atoms with Crippen LogP contribution < -0.4 is 5.32 Å². The summed E-state index contributed by atoms with van der Waals surface area (Å²) in [4.78, 5) is 13.8. The number of nitrogens with one attached hydrogen (secondary N) is 1. The molecule has 4 nitrogen and oxygen atoms in total. The molecule has 0 aromatic heterocycles. The molecule has 0 saturated carbocycles. The fraction of sp³-hybridized carbons (Fsp3) is 0.917. The first-order valence-electron chi connectivity index (χ1n) is 6.01. The molecule has 4 heteroatoms. The fourth-order valence-corrected chi connectivity index (χ4v) is 2.49. The highest BCUT2D eigenvalue weighted by Gasteiger charge is 2.47. The standard InChI is InChI=1S/C12H22N2O2/c1-11(2,3)16-10(15)14-6-5-9-12(4,8-14)7-13-9/h9,13H,5-8H2,1-4H3/t9?,12-/m0/s1. The lowest BCUT2D eigenvalue weighted by Gasteiger charge is -2.54. The Balaban J connectivity index is 1.93. The van der Waals surface area contributed by atoms with E-state index in [0.29, 0.717) is 6.04 Å². The highest BCUT2D eigenvalue weighted by atomic mass is 16.6. The van der Waals surface area contributed by atoms with Gasteiger partial charge in [-0.3, -0.25) is 0 Å². The maximum Gasteiger partial charge on any atom is 0.410 e. The number of rotatable bonds is 0. The van der Waals surface area contributed by atoms with Crippen molar-refractivity contribution in [2.75, 3.05) is 19.6 Å². The van der Waals surface area contributed by atoms with Crippen molar-refractivity contribution in [3.05, 3.63) is 0 Å². The third-order valence-corrected chi connectivity index (χ3v) is 3.49. The van der Waals surface area contributed by atoms with Crippen molar-refractivity contribution in [2.24, 2.45) is 5.41 Å². The van der Waals surface area contributed by atoms with Gasteiger partial charge in [0.1, 0.15) is 5.60 Å². The van der Waals surface area contributed by atoms with Crippen molar-refractivity contribution in [2.45, 2.75) is 45.8 Å². The quantitative estimate of drug-likeness (QED) is 0.682. The number of carbonyl (C=O) groups is 1. The van der Waals surface area contributed by atoms with Gasteiger partial charge >= 0.3 is 6.09 Å². The molecule has 0 aliphatic carbocycles. The third kappa shape index (κ3) is 2.17. The van der Waals surface area contributed by atoms with Crippen LogP contribution in [-0.4, -0.2) is 42.3 Å². The van der Waals surface area contributed by atoms with Crippen molar-refractivity contribution in [3.8, 4) is 0 Å². The Morgan fingerprint density at radius 2 is 2.19 bits per heavy atom. The molecule has 16 heavy (non-hydrogen) atoms. The molecular weight excluding hydrogens is 204 g/mol. The first-order chi connectivity index (χ1) is 7.30. The van der Waals surface area contributed by atoms with E-state index in [1.165, 1.54) is 0 Å². The van der Waals surface area contributed by atoms with E-state index in [2.05, 4.69) is 12.2 Å². The molecule has 2 rings (SSSR count). The predicted molar refractivity (Wildman–Crippen MR) is 62.3 cm³/mol. The highest BCUT2D eigenvalue weighted by molar-refractivity contribution is 5.68. The molecule has 1 unspecified atom stereocenters. The van der Waals surface area contributed by atoms with E-state index in [-0.39, 0.29) is 11.5 Å². The first-order valence-corrected chi connectivity index (χ1v) is 6.01. The van der Waals surface area contributed by atoms with Gasteiger partial charge in [0.25, 0.3) is 0 Å². The Bertz CT molecular complexity index is 298. The van der Waals surface area contributed by atoms with E-state index < -0.39 is 5.60 Å². The number of hydrogen-bond acceptors (Lipinski definition) is 3. The molecular formula is C12H22N2O2. The lowest BCUT2D eigenvalue weighted by Crippen LogP contribution is -2.69. The average Bonchev–Trinajstić information content (AvgIpc) is 2.09. The van der Waals surface area contributed by atoms with Crippen LogP contribution in [0.15, 0.2) is 0 Å². The molecule has 1 N–H and O–H groups in total. The van der Waals surface area contributed by atoms with Crippen molar-refractivity contribution < 1.29 is 9.53 Å². The van der Waals surface area contributed by atoms with Crippen molar-refractivity contribution in [1.29, 1.82) is 0 Å². The van der Waals surface area contributed by atoms with Crippen LogP contribution in [0, 0.1) is 5.41 Å². The number of piperidine rings is 1. The second kappa shape index (κ2) is 3.62. The zero-order valence-corrected chi connectivity index (χ0v) is 10.7. The monoisotopic (exact) mass is 226 g/mol. The molecule has 2 heterocycles. The van der Waals surface area contributed by atoms with Crippen LogP contribution in [-0.2, 0) is 4.74 Å². The van der Waals surface area contributed by atoms with Crippen LogP contribution in [0.1, 0.15) is 34.1 Å². The van der Waals surface area contributed by atoms with Gasteiger partial charge in [-0.2, -0.15) is 0 Å². The molecule has 2 atom stereocenters. The van der Waals surface area contributed by atoms with E-state index >= 15 is 0 Å². The zero-order valence-electron chi connectivity index (χ0n) is 10.7. The highest BCUT2D eigenvalue weighted by Crippen LogP contribution is 2.36. The number of amides is 1. The zero-order chi connectivity index (χ0) is 12.0. The minimum absolute atomic E-state index is 0.168. The summed E-state index contributed by atoms with van der Waals surface area (Å²) in [6.45, 7) is 10.6. The van der Waals surface area contributed by atoms with E-state index in [9.17, 15) is 4.79 Å². The molecule has 0 bridgehead atoms. The first kappa shape index (κ1) is 11.7. The summed E-state index contributed by atoms with van der Waals surface area (Å²) >= 11 is 0. The van der Waals surface area contributed by atoms with Crippen molar-refractivity contribution >= 4 is 6.09 Å². The van der Waals surface area contributed by atoms with Crippen molar-refractivity contribution in [3.63, 3.8) is 0 Å². The second-order valence-corrected chi connectivity index (χ2v) is 6.28. The minimum Gasteiger partial charge on any atom is -0.444 e. The van der Waals surface area contributed by atoms with E-state index in [4.69, 9.17) is 4.74 Å². The van der Waals surface area contributed by atoms with Gasteiger partial charge < -0.3 is 15.0 Å². The number of likely N-dealkylation sites (tertiary alicyclic amines) is 1. The normalized spacial score (nSPS) is 34.0. The van der Waals surface area contributed by atoms with Crippen LogP contribution in [0.4, 0.5) is 4.79 Å². The second-order valence-electron chi connectivity index (χ2n) is 6.28. The molecule has 1 amide bonds. The van der Waals surface area contributed by atoms with Crippen LogP contribution >= 0.6 is 0 Å². The molecule has 2 fully saturated rings. The molecule has 0 aromatic rings. The van der Waals surface area contributed by atoms with Gasteiger partial charge in [0.05, 0.1) is 0 Å². The number of hydrogen-bond donors (Lipinski definition) is 1. The van der Waals surface area contributed by atoms with E-state index in [1.54, 1.807) is 0 Å². The molecule has 0 radical (unpaired) electrons. The number of carbonyl (C=O) groups excluding carboxylic acids is 1. The lowest BCUT2D eigenvalue weighted by atomic mass is 9.71. The number of ether oxygens (including phenoxy) is 1. The number of nitrogens with zero attached hydrogens (tertiary/aromatic N) is 1. The lowest BCUT2D eigenvalue weighted by molar-refractivity contribution is -0.0245. The minimum atomic E-state index is -0.396. The summed E-state index contributed by atoms with van der Waals surface area (Å²) in [5.41, 5.74) is -0.137. The summed E-state index contributed by atoms with van der Waals surface area (Å²) in [7, 11) is 0. The fourth-order valence-electron chi connectivity index (χ4n) is 2.49. The predicted octanol–water partition coefficient (Wildman–Crippen LogP) is 1.61. The maximum atomic E-state index is 11.9. The van der Waals surface area contributed by atoms with Crippen LogP contribution in [0.2, 0.25) is 0 Å². The molecule has 92 valence electrons. The maximum absolute atomic E-state index is 11.9. The van der Waals surface area contributed by atoms with E-state index in [1.807, 2.05) is 25.7 Å². The molecule has 2 aliphatic rings. The van der Waals surface area contributed by atoms with Gasteiger partial charge in [0.2, 0.25) is 0 Å². The topological polar surface area (TPSA) is 41.6 Å². The summed E-state index contributed by atoms with van der Waals surface area (Å²) in [6, 6.07) is 0.589. The van der Waals surface area contributed by atoms with Gasteiger partial charge in [0, 0.05) is 31.1 Å². The average molecular weight is 226 g/mol. The molecule has 2 aliphatic heterocycles. The Labute approximate surface area is 97.3 Å². The van der Waals surface area contributed by atoms with Gasteiger partial charge in [-0.15, -0.1) is 0 Å². The summed E-state index contributed by atoms with van der Waals surface area (Å²) in [5, 5.41) is 3.42. The van der Waals surface area contributed by atoms with Crippen LogP contribution in [0.3, 0.4) is 0 Å². The molecule has 2 saturated heterocycles.